The number of hydrogen-bond acceptors (Lipinski definition) is 1. The van der Waals surface area contributed by atoms with Crippen LogP contribution in [0.2, 0.25) is 0 Å². The minimum Gasteiger partial charge on any atom is -0.481 e. The van der Waals surface area contributed by atoms with Gasteiger partial charge in [-0.1, -0.05) is 36.4 Å². The summed E-state index contributed by atoms with van der Waals surface area (Å²) in [6, 6.07) is 13.9. The number of aliphatic carboxylic acids is 1. The highest BCUT2D eigenvalue weighted by Crippen LogP contribution is 2.17. The van der Waals surface area contributed by atoms with Crippen LogP contribution < -0.4 is 0 Å². The predicted octanol–water partition coefficient (Wildman–Crippen LogP) is 3.60. The summed E-state index contributed by atoms with van der Waals surface area (Å²) in [5.74, 6) is -1.57. The first-order chi connectivity index (χ1) is 9.06. The van der Waals surface area contributed by atoms with Gasteiger partial charge in [-0.2, -0.15) is 0 Å². The molecule has 0 aliphatic heterocycles. The van der Waals surface area contributed by atoms with Crippen LogP contribution >= 0.6 is 0 Å². The average Bonchev–Trinajstić information content (AvgIpc) is 2.41. The maximum absolute atomic E-state index is 12.8. The quantitative estimate of drug-likeness (QED) is 0.909. The Hall–Kier alpha value is -2.16. The largest absolute Gasteiger partial charge is 0.481 e. The highest BCUT2D eigenvalue weighted by Gasteiger charge is 2.12. The molecule has 2 rings (SSSR count). The summed E-state index contributed by atoms with van der Waals surface area (Å²) in [5.41, 5.74) is 2.89. The lowest BCUT2D eigenvalue weighted by Gasteiger charge is -2.08. The monoisotopic (exact) mass is 258 g/mol. The van der Waals surface area contributed by atoms with Crippen LogP contribution in [-0.4, -0.2) is 11.1 Å². The number of carboxylic acid groups (broad SMARTS) is 1. The molecule has 0 bridgehead atoms. The van der Waals surface area contributed by atoms with Crippen molar-refractivity contribution < 1.29 is 14.3 Å². The van der Waals surface area contributed by atoms with Crippen LogP contribution in [0.5, 0.6) is 0 Å². The number of benzene rings is 2. The van der Waals surface area contributed by atoms with Crippen LogP contribution in [0, 0.1) is 5.82 Å². The molecule has 98 valence electrons. The summed E-state index contributed by atoms with van der Waals surface area (Å²) < 4.78 is 12.8. The SMILES string of the molecule is CC(C(=O)O)c1ccc(Cc2ccc(F)cc2)cc1. The van der Waals surface area contributed by atoms with E-state index in [9.17, 15) is 9.18 Å². The Bertz CT molecular complexity index is 558. The molecule has 0 fully saturated rings. The van der Waals surface area contributed by atoms with Crippen molar-refractivity contribution in [2.24, 2.45) is 0 Å². The maximum atomic E-state index is 12.8. The molecule has 0 saturated heterocycles. The molecule has 0 aromatic heterocycles. The van der Waals surface area contributed by atoms with Crippen molar-refractivity contribution in [3.8, 4) is 0 Å². The van der Waals surface area contributed by atoms with Gasteiger partial charge in [0.05, 0.1) is 5.92 Å². The van der Waals surface area contributed by atoms with Crippen LogP contribution in [0.15, 0.2) is 48.5 Å². The molecule has 0 spiro atoms. The second-order valence-corrected chi connectivity index (χ2v) is 4.60. The van der Waals surface area contributed by atoms with E-state index in [4.69, 9.17) is 5.11 Å². The van der Waals surface area contributed by atoms with Gasteiger partial charge in [0.15, 0.2) is 0 Å². The second kappa shape index (κ2) is 5.65. The van der Waals surface area contributed by atoms with E-state index >= 15 is 0 Å². The molecule has 1 atom stereocenters. The Labute approximate surface area is 111 Å². The van der Waals surface area contributed by atoms with E-state index in [0.29, 0.717) is 6.42 Å². The Balaban J connectivity index is 2.10. The molecule has 0 aliphatic rings. The third kappa shape index (κ3) is 3.41. The molecule has 0 saturated carbocycles. The minimum atomic E-state index is -0.828. The van der Waals surface area contributed by atoms with E-state index < -0.39 is 11.9 Å². The topological polar surface area (TPSA) is 37.3 Å². The lowest BCUT2D eigenvalue weighted by molar-refractivity contribution is -0.138. The zero-order valence-electron chi connectivity index (χ0n) is 10.6. The standard InChI is InChI=1S/C16H15FO2/c1-11(16(18)19)14-6-2-12(3-7-14)10-13-4-8-15(17)9-5-13/h2-9,11H,10H2,1H3,(H,18,19). The van der Waals surface area contributed by atoms with Crippen molar-refractivity contribution in [3.63, 3.8) is 0 Å². The van der Waals surface area contributed by atoms with Gasteiger partial charge >= 0.3 is 5.97 Å². The van der Waals surface area contributed by atoms with Crippen LogP contribution in [-0.2, 0) is 11.2 Å². The lowest BCUT2D eigenvalue weighted by Crippen LogP contribution is -2.07. The molecule has 2 aromatic rings. The minimum absolute atomic E-state index is 0.241. The molecule has 19 heavy (non-hydrogen) atoms. The smallest absolute Gasteiger partial charge is 0.310 e. The summed E-state index contributed by atoms with van der Waals surface area (Å²) in [7, 11) is 0. The molecule has 3 heteroatoms. The Morgan fingerprint density at radius 3 is 2.00 bits per heavy atom. The second-order valence-electron chi connectivity index (χ2n) is 4.60. The van der Waals surface area contributed by atoms with Crippen molar-refractivity contribution in [2.75, 3.05) is 0 Å². The molecule has 0 heterocycles. The van der Waals surface area contributed by atoms with Crippen molar-refractivity contribution in [1.82, 2.24) is 0 Å². The summed E-state index contributed by atoms with van der Waals surface area (Å²) in [4.78, 5) is 10.9. The van der Waals surface area contributed by atoms with E-state index in [1.54, 1.807) is 19.1 Å². The molecular weight excluding hydrogens is 243 g/mol. The molecule has 0 radical (unpaired) electrons. The van der Waals surface area contributed by atoms with Crippen molar-refractivity contribution >= 4 is 5.97 Å². The first-order valence-corrected chi connectivity index (χ1v) is 6.12. The highest BCUT2D eigenvalue weighted by atomic mass is 19.1. The number of carbonyl (C=O) groups is 1. The van der Waals surface area contributed by atoms with E-state index in [1.165, 1.54) is 12.1 Å². The summed E-state index contributed by atoms with van der Waals surface area (Å²) >= 11 is 0. The summed E-state index contributed by atoms with van der Waals surface area (Å²) in [5, 5.41) is 8.93. The van der Waals surface area contributed by atoms with Gasteiger partial charge in [-0.25, -0.2) is 4.39 Å². The first kappa shape index (κ1) is 13.3. The number of hydrogen-bond donors (Lipinski definition) is 1. The van der Waals surface area contributed by atoms with Gasteiger partial charge in [0, 0.05) is 0 Å². The average molecular weight is 258 g/mol. The van der Waals surface area contributed by atoms with E-state index in [0.717, 1.165) is 16.7 Å². The van der Waals surface area contributed by atoms with Crippen LogP contribution in [0.25, 0.3) is 0 Å². The fourth-order valence-electron chi connectivity index (χ4n) is 1.90. The van der Waals surface area contributed by atoms with Gasteiger partial charge in [0.1, 0.15) is 5.82 Å². The molecular formula is C16H15FO2. The molecule has 0 amide bonds. The summed E-state index contributed by atoms with van der Waals surface area (Å²) in [6.07, 6.45) is 0.710. The lowest BCUT2D eigenvalue weighted by atomic mass is 9.98. The Morgan fingerprint density at radius 1 is 1.05 bits per heavy atom. The molecule has 1 N–H and O–H groups in total. The van der Waals surface area contributed by atoms with Crippen LogP contribution in [0.1, 0.15) is 29.5 Å². The molecule has 2 nitrogen and oxygen atoms in total. The fourth-order valence-corrected chi connectivity index (χ4v) is 1.90. The maximum Gasteiger partial charge on any atom is 0.310 e. The fraction of sp³-hybridized carbons (Fsp3) is 0.188. The third-order valence-electron chi connectivity index (χ3n) is 3.17. The number of rotatable bonds is 4. The Kier molecular flexibility index (Phi) is 3.95. The van der Waals surface area contributed by atoms with Gasteiger partial charge in [-0.05, 0) is 42.2 Å². The molecule has 0 aliphatic carbocycles. The van der Waals surface area contributed by atoms with E-state index in [1.807, 2.05) is 24.3 Å². The van der Waals surface area contributed by atoms with Crippen LogP contribution in [0.4, 0.5) is 4.39 Å². The predicted molar refractivity (Wildman–Crippen MR) is 71.7 cm³/mol. The van der Waals surface area contributed by atoms with Crippen molar-refractivity contribution in [1.29, 1.82) is 0 Å². The highest BCUT2D eigenvalue weighted by molar-refractivity contribution is 5.75. The van der Waals surface area contributed by atoms with Gasteiger partial charge in [0.2, 0.25) is 0 Å². The number of halogens is 1. The summed E-state index contributed by atoms with van der Waals surface area (Å²) in [6.45, 7) is 1.66. The van der Waals surface area contributed by atoms with E-state index in [2.05, 4.69) is 0 Å². The zero-order chi connectivity index (χ0) is 13.8. The third-order valence-corrected chi connectivity index (χ3v) is 3.17. The molecule has 2 aromatic carbocycles. The van der Waals surface area contributed by atoms with Gasteiger partial charge in [-0.15, -0.1) is 0 Å². The number of carboxylic acids is 1. The Morgan fingerprint density at radius 2 is 1.53 bits per heavy atom. The van der Waals surface area contributed by atoms with Crippen LogP contribution in [0.3, 0.4) is 0 Å². The zero-order valence-corrected chi connectivity index (χ0v) is 10.6. The van der Waals surface area contributed by atoms with E-state index in [-0.39, 0.29) is 5.82 Å². The van der Waals surface area contributed by atoms with Gasteiger partial charge in [-0.3, -0.25) is 4.79 Å². The molecule has 1 unspecified atom stereocenters. The van der Waals surface area contributed by atoms with Crippen molar-refractivity contribution in [3.05, 3.63) is 71.0 Å². The van der Waals surface area contributed by atoms with Crippen molar-refractivity contribution in [2.45, 2.75) is 19.3 Å². The normalized spacial score (nSPS) is 12.1. The van der Waals surface area contributed by atoms with Gasteiger partial charge in [0.25, 0.3) is 0 Å². The van der Waals surface area contributed by atoms with Gasteiger partial charge < -0.3 is 5.11 Å². The first-order valence-electron chi connectivity index (χ1n) is 6.12.